The van der Waals surface area contributed by atoms with E-state index in [0.29, 0.717) is 6.54 Å². The maximum atomic E-state index is 12.1. The van der Waals surface area contributed by atoms with Crippen LogP contribution in [0.5, 0.6) is 0 Å². The third kappa shape index (κ3) is 2.27. The van der Waals surface area contributed by atoms with Crippen molar-refractivity contribution in [1.82, 2.24) is 10.3 Å². The number of anilines is 1. The van der Waals surface area contributed by atoms with E-state index in [1.807, 2.05) is 19.9 Å². The molecule has 6 nitrogen and oxygen atoms in total. The molecule has 0 aromatic carbocycles. The fraction of sp³-hybridized carbons (Fsp3) is 0.500. The van der Waals surface area contributed by atoms with E-state index in [1.165, 1.54) is 0 Å². The minimum atomic E-state index is -0.807. The molecule has 0 atom stereocenters. The first-order valence-electron chi connectivity index (χ1n) is 6.56. The molecule has 20 heavy (non-hydrogen) atoms. The van der Waals surface area contributed by atoms with Crippen molar-refractivity contribution in [3.05, 3.63) is 23.0 Å². The Morgan fingerprint density at radius 1 is 1.40 bits per heavy atom. The molecule has 1 aromatic heterocycles. The molecule has 1 fully saturated rings. The third-order valence-corrected chi connectivity index (χ3v) is 3.72. The Hall–Kier alpha value is -1.95. The molecule has 0 unspecified atom stereocenters. The average molecular weight is 276 g/mol. The zero-order valence-electron chi connectivity index (χ0n) is 12.3. The Balaban J connectivity index is 2.59. The van der Waals surface area contributed by atoms with Gasteiger partial charge in [-0.1, -0.05) is 0 Å². The van der Waals surface area contributed by atoms with Gasteiger partial charge in [-0.15, -0.1) is 0 Å². The highest BCUT2D eigenvalue weighted by Gasteiger charge is 2.41. The lowest BCUT2D eigenvalue weighted by Gasteiger charge is -2.42. The molecular weight excluding hydrogens is 256 g/mol. The van der Waals surface area contributed by atoms with Crippen molar-refractivity contribution < 1.29 is 9.59 Å². The van der Waals surface area contributed by atoms with Gasteiger partial charge in [0.25, 0.3) is 5.91 Å². The molecule has 0 radical (unpaired) electrons. The van der Waals surface area contributed by atoms with E-state index in [-0.39, 0.29) is 18.4 Å². The van der Waals surface area contributed by atoms with Gasteiger partial charge in [-0.05, 0) is 33.8 Å². The Morgan fingerprint density at radius 2 is 2.05 bits per heavy atom. The van der Waals surface area contributed by atoms with Gasteiger partial charge >= 0.3 is 0 Å². The van der Waals surface area contributed by atoms with Crippen LogP contribution in [-0.2, 0) is 16.1 Å². The summed E-state index contributed by atoms with van der Waals surface area (Å²) in [6.07, 6.45) is 0. The van der Waals surface area contributed by atoms with Gasteiger partial charge in [-0.2, -0.15) is 0 Å². The largest absolute Gasteiger partial charge is 0.348 e. The summed E-state index contributed by atoms with van der Waals surface area (Å²) in [6.45, 7) is 7.80. The minimum Gasteiger partial charge on any atom is -0.348 e. The summed E-state index contributed by atoms with van der Waals surface area (Å²) >= 11 is 0. The molecule has 3 N–H and O–H groups in total. The number of aryl methyl sites for hydroxylation is 2. The van der Waals surface area contributed by atoms with Gasteiger partial charge in [0.05, 0.1) is 6.54 Å². The van der Waals surface area contributed by atoms with Crippen LogP contribution in [0.25, 0.3) is 0 Å². The van der Waals surface area contributed by atoms with Crippen LogP contribution >= 0.6 is 0 Å². The molecule has 1 aliphatic heterocycles. The summed E-state index contributed by atoms with van der Waals surface area (Å²) in [6, 6.07) is 1.88. The molecular formula is C14H20N4O2. The number of aromatic nitrogens is 1. The van der Waals surface area contributed by atoms with E-state index in [9.17, 15) is 9.59 Å². The quantitative estimate of drug-likeness (QED) is 0.763. The second-order valence-corrected chi connectivity index (χ2v) is 5.57. The SMILES string of the molecule is Cc1cc(N2CC(=O)NC(=O)C2(C)C)c(CN)c(C)n1. The number of carbonyl (C=O) groups is 2. The molecule has 1 aliphatic rings. The number of hydrogen-bond donors (Lipinski definition) is 2. The van der Waals surface area contributed by atoms with Gasteiger partial charge in [-0.3, -0.25) is 19.9 Å². The van der Waals surface area contributed by atoms with Crippen LogP contribution in [0.1, 0.15) is 30.8 Å². The highest BCUT2D eigenvalue weighted by molar-refractivity contribution is 6.06. The summed E-state index contributed by atoms with van der Waals surface area (Å²) in [5.74, 6) is -0.603. The highest BCUT2D eigenvalue weighted by Crippen LogP contribution is 2.31. The molecule has 0 aliphatic carbocycles. The van der Waals surface area contributed by atoms with E-state index in [1.54, 1.807) is 18.7 Å². The van der Waals surface area contributed by atoms with Gasteiger partial charge in [0.1, 0.15) is 5.54 Å². The number of amides is 2. The predicted octanol–water partition coefficient (Wildman–Crippen LogP) is 0.399. The Bertz CT molecular complexity index is 581. The Morgan fingerprint density at radius 3 is 2.65 bits per heavy atom. The maximum absolute atomic E-state index is 12.1. The molecule has 0 saturated carbocycles. The average Bonchev–Trinajstić information content (AvgIpc) is 2.33. The molecule has 2 heterocycles. The molecule has 6 heteroatoms. The lowest BCUT2D eigenvalue weighted by atomic mass is 9.96. The molecule has 2 rings (SSSR count). The molecule has 2 amide bonds. The maximum Gasteiger partial charge on any atom is 0.251 e. The minimum absolute atomic E-state index is 0.134. The molecule has 0 bridgehead atoms. The summed E-state index contributed by atoms with van der Waals surface area (Å²) in [5.41, 5.74) is 8.35. The first-order chi connectivity index (χ1) is 9.27. The summed E-state index contributed by atoms with van der Waals surface area (Å²) < 4.78 is 0. The first kappa shape index (κ1) is 14.5. The lowest BCUT2D eigenvalue weighted by molar-refractivity contribution is -0.135. The van der Waals surface area contributed by atoms with E-state index in [2.05, 4.69) is 10.3 Å². The smallest absolute Gasteiger partial charge is 0.251 e. The van der Waals surface area contributed by atoms with Crippen LogP contribution in [0.3, 0.4) is 0 Å². The fourth-order valence-electron chi connectivity index (χ4n) is 2.50. The predicted molar refractivity (Wildman–Crippen MR) is 76.2 cm³/mol. The number of pyridine rings is 1. The van der Waals surface area contributed by atoms with Gasteiger partial charge < -0.3 is 10.6 Å². The summed E-state index contributed by atoms with van der Waals surface area (Å²) in [5, 5.41) is 2.37. The first-order valence-corrected chi connectivity index (χ1v) is 6.56. The molecule has 108 valence electrons. The Kier molecular flexibility index (Phi) is 3.52. The van der Waals surface area contributed by atoms with Gasteiger partial charge in [0, 0.05) is 29.2 Å². The fourth-order valence-corrected chi connectivity index (χ4v) is 2.50. The molecule has 1 aromatic rings. The number of nitrogens with one attached hydrogen (secondary N) is 1. The number of hydrogen-bond acceptors (Lipinski definition) is 5. The van der Waals surface area contributed by atoms with E-state index in [0.717, 1.165) is 22.6 Å². The van der Waals surface area contributed by atoms with E-state index in [4.69, 9.17) is 5.73 Å². The second-order valence-electron chi connectivity index (χ2n) is 5.57. The number of nitrogens with two attached hydrogens (primary N) is 1. The lowest BCUT2D eigenvalue weighted by Crippen LogP contribution is -2.64. The van der Waals surface area contributed by atoms with Crippen molar-refractivity contribution in [2.75, 3.05) is 11.4 Å². The number of imide groups is 1. The van der Waals surface area contributed by atoms with E-state index < -0.39 is 5.54 Å². The van der Waals surface area contributed by atoms with Gasteiger partial charge in [-0.25, -0.2) is 0 Å². The summed E-state index contributed by atoms with van der Waals surface area (Å²) in [7, 11) is 0. The van der Waals surface area contributed by atoms with Crippen molar-refractivity contribution >= 4 is 17.5 Å². The topological polar surface area (TPSA) is 88.3 Å². The van der Waals surface area contributed by atoms with Gasteiger partial charge in [0.15, 0.2) is 0 Å². The van der Waals surface area contributed by atoms with Crippen LogP contribution in [0.15, 0.2) is 6.07 Å². The van der Waals surface area contributed by atoms with Crippen molar-refractivity contribution in [2.24, 2.45) is 5.73 Å². The van der Waals surface area contributed by atoms with Crippen LogP contribution < -0.4 is 16.0 Å². The van der Waals surface area contributed by atoms with Crippen LogP contribution in [-0.4, -0.2) is 28.9 Å². The number of rotatable bonds is 2. The van der Waals surface area contributed by atoms with E-state index >= 15 is 0 Å². The monoisotopic (exact) mass is 276 g/mol. The van der Waals surface area contributed by atoms with Crippen molar-refractivity contribution in [2.45, 2.75) is 39.8 Å². The van der Waals surface area contributed by atoms with Crippen molar-refractivity contribution in [3.63, 3.8) is 0 Å². The van der Waals surface area contributed by atoms with Crippen molar-refractivity contribution in [1.29, 1.82) is 0 Å². The van der Waals surface area contributed by atoms with Crippen molar-refractivity contribution in [3.8, 4) is 0 Å². The number of carbonyl (C=O) groups excluding carboxylic acids is 2. The highest BCUT2D eigenvalue weighted by atomic mass is 16.2. The zero-order valence-corrected chi connectivity index (χ0v) is 12.3. The third-order valence-electron chi connectivity index (χ3n) is 3.72. The molecule has 1 saturated heterocycles. The number of piperazine rings is 1. The number of nitrogens with zero attached hydrogens (tertiary/aromatic N) is 2. The van der Waals surface area contributed by atoms with Crippen LogP contribution in [0.4, 0.5) is 5.69 Å². The summed E-state index contributed by atoms with van der Waals surface area (Å²) in [4.78, 5) is 30.0. The normalized spacial score (nSPS) is 18.1. The Labute approximate surface area is 118 Å². The van der Waals surface area contributed by atoms with Crippen LogP contribution in [0.2, 0.25) is 0 Å². The van der Waals surface area contributed by atoms with Gasteiger partial charge in [0.2, 0.25) is 5.91 Å². The zero-order chi connectivity index (χ0) is 15.1. The second kappa shape index (κ2) is 4.86. The standard InChI is InChI=1S/C14H20N4O2/c1-8-5-11(10(6-15)9(2)16-8)18-7-12(19)17-13(20)14(18,3)4/h5H,6-7,15H2,1-4H3,(H,17,19,20). The van der Waals surface area contributed by atoms with Crippen LogP contribution in [0, 0.1) is 13.8 Å². The molecule has 0 spiro atoms.